The second kappa shape index (κ2) is 5.67. The third-order valence-corrected chi connectivity index (χ3v) is 3.64. The Bertz CT molecular complexity index is 348. The molecule has 1 fully saturated rings. The van der Waals surface area contributed by atoms with Gasteiger partial charge in [0.05, 0.1) is 12.8 Å². The van der Waals surface area contributed by atoms with Crippen LogP contribution in [0.2, 0.25) is 0 Å². The van der Waals surface area contributed by atoms with E-state index in [0.717, 1.165) is 31.0 Å². The van der Waals surface area contributed by atoms with Crippen molar-refractivity contribution in [1.82, 2.24) is 9.80 Å². The second-order valence-electron chi connectivity index (χ2n) is 5.07. The molecule has 4 nitrogen and oxygen atoms in total. The number of nitrogens with two attached hydrogens (primary N) is 1. The lowest BCUT2D eigenvalue weighted by atomic mass is 10.0. The largest absolute Gasteiger partial charge is 0.468 e. The molecule has 0 aromatic carbocycles. The van der Waals surface area contributed by atoms with Gasteiger partial charge in [-0.3, -0.25) is 4.90 Å². The molecule has 1 atom stereocenters. The molecule has 17 heavy (non-hydrogen) atoms. The van der Waals surface area contributed by atoms with E-state index in [0.29, 0.717) is 12.6 Å². The van der Waals surface area contributed by atoms with Crippen LogP contribution in [-0.2, 0) is 13.1 Å². The topological polar surface area (TPSA) is 45.6 Å². The highest BCUT2D eigenvalue weighted by atomic mass is 16.3. The van der Waals surface area contributed by atoms with Gasteiger partial charge >= 0.3 is 0 Å². The zero-order valence-corrected chi connectivity index (χ0v) is 10.9. The Balaban J connectivity index is 1.94. The smallest absolute Gasteiger partial charge is 0.122 e. The maximum atomic E-state index is 5.69. The molecule has 0 spiro atoms. The summed E-state index contributed by atoms with van der Waals surface area (Å²) in [5.74, 6) is 1.03. The molecule has 1 aliphatic heterocycles. The van der Waals surface area contributed by atoms with Crippen LogP contribution in [0.3, 0.4) is 0 Å². The van der Waals surface area contributed by atoms with E-state index in [1.54, 1.807) is 6.26 Å². The van der Waals surface area contributed by atoms with Gasteiger partial charge in [0.25, 0.3) is 0 Å². The summed E-state index contributed by atoms with van der Waals surface area (Å²) in [6.07, 6.45) is 4.30. The summed E-state index contributed by atoms with van der Waals surface area (Å²) in [5, 5.41) is 0. The number of hydrogen-bond donors (Lipinski definition) is 1. The standard InChI is InChI=1S/C13H23N3O/c1-15(2)12-4-3-6-16(9-12)10-13-11(8-14)5-7-17-13/h5,7,12H,3-4,6,8-10,14H2,1-2H3. The van der Waals surface area contributed by atoms with Crippen LogP contribution >= 0.6 is 0 Å². The van der Waals surface area contributed by atoms with Crippen LogP contribution in [0.1, 0.15) is 24.2 Å². The predicted octanol–water partition coefficient (Wildman–Crippen LogP) is 1.26. The summed E-state index contributed by atoms with van der Waals surface area (Å²) in [6.45, 7) is 3.74. The zero-order chi connectivity index (χ0) is 12.3. The Labute approximate surface area is 103 Å². The van der Waals surface area contributed by atoms with Gasteiger partial charge in [0.15, 0.2) is 0 Å². The first-order valence-corrected chi connectivity index (χ1v) is 6.34. The molecule has 4 heteroatoms. The quantitative estimate of drug-likeness (QED) is 0.856. The normalized spacial score (nSPS) is 22.2. The van der Waals surface area contributed by atoms with Gasteiger partial charge in [0.2, 0.25) is 0 Å². The predicted molar refractivity (Wildman–Crippen MR) is 68.6 cm³/mol. The van der Waals surface area contributed by atoms with E-state index >= 15 is 0 Å². The lowest BCUT2D eigenvalue weighted by Gasteiger charge is -2.35. The summed E-state index contributed by atoms with van der Waals surface area (Å²) in [4.78, 5) is 4.78. The molecular formula is C13H23N3O. The van der Waals surface area contributed by atoms with E-state index < -0.39 is 0 Å². The monoisotopic (exact) mass is 237 g/mol. The molecule has 2 rings (SSSR count). The van der Waals surface area contributed by atoms with Crippen molar-refractivity contribution in [3.8, 4) is 0 Å². The molecule has 1 aromatic heterocycles. The molecule has 0 amide bonds. The molecule has 96 valence electrons. The highest BCUT2D eigenvalue weighted by Gasteiger charge is 2.22. The molecule has 0 saturated carbocycles. The number of nitrogens with zero attached hydrogens (tertiary/aromatic N) is 2. The lowest BCUT2D eigenvalue weighted by Crippen LogP contribution is -2.44. The van der Waals surface area contributed by atoms with Crippen LogP contribution in [0.25, 0.3) is 0 Å². The van der Waals surface area contributed by atoms with Gasteiger partial charge in [0, 0.05) is 24.7 Å². The number of piperidine rings is 1. The van der Waals surface area contributed by atoms with E-state index in [-0.39, 0.29) is 0 Å². The Morgan fingerprint density at radius 1 is 1.53 bits per heavy atom. The maximum Gasteiger partial charge on any atom is 0.122 e. The number of likely N-dealkylation sites (N-methyl/N-ethyl adjacent to an activating group) is 1. The van der Waals surface area contributed by atoms with Crippen molar-refractivity contribution in [1.29, 1.82) is 0 Å². The molecule has 1 aromatic rings. The van der Waals surface area contributed by atoms with Crippen LogP contribution in [-0.4, -0.2) is 43.0 Å². The third kappa shape index (κ3) is 3.09. The number of furan rings is 1. The first kappa shape index (κ1) is 12.6. The van der Waals surface area contributed by atoms with Crippen LogP contribution in [0, 0.1) is 0 Å². The SMILES string of the molecule is CN(C)C1CCCN(Cc2occc2CN)C1. The van der Waals surface area contributed by atoms with Crippen LogP contribution in [0.4, 0.5) is 0 Å². The maximum absolute atomic E-state index is 5.69. The minimum Gasteiger partial charge on any atom is -0.468 e. The number of rotatable bonds is 4. The van der Waals surface area contributed by atoms with E-state index in [1.807, 2.05) is 6.07 Å². The van der Waals surface area contributed by atoms with Crippen molar-refractivity contribution in [2.75, 3.05) is 27.2 Å². The van der Waals surface area contributed by atoms with Crippen molar-refractivity contribution in [3.05, 3.63) is 23.7 Å². The van der Waals surface area contributed by atoms with Gasteiger partial charge in [-0.05, 0) is 39.5 Å². The highest BCUT2D eigenvalue weighted by Crippen LogP contribution is 2.18. The fourth-order valence-electron chi connectivity index (χ4n) is 2.49. The van der Waals surface area contributed by atoms with Gasteiger partial charge in [-0.25, -0.2) is 0 Å². The van der Waals surface area contributed by atoms with Gasteiger partial charge < -0.3 is 15.1 Å². The zero-order valence-electron chi connectivity index (χ0n) is 10.9. The molecule has 0 bridgehead atoms. The van der Waals surface area contributed by atoms with Crippen LogP contribution in [0.15, 0.2) is 16.7 Å². The lowest BCUT2D eigenvalue weighted by molar-refractivity contribution is 0.121. The number of likely N-dealkylation sites (tertiary alicyclic amines) is 1. The average Bonchev–Trinajstić information content (AvgIpc) is 2.76. The summed E-state index contributed by atoms with van der Waals surface area (Å²) in [7, 11) is 4.32. The fraction of sp³-hybridized carbons (Fsp3) is 0.692. The van der Waals surface area contributed by atoms with E-state index in [9.17, 15) is 0 Å². The van der Waals surface area contributed by atoms with Gasteiger partial charge in [0.1, 0.15) is 5.76 Å². The van der Waals surface area contributed by atoms with E-state index in [4.69, 9.17) is 10.2 Å². The summed E-state index contributed by atoms with van der Waals surface area (Å²) >= 11 is 0. The Hall–Kier alpha value is -0.840. The Morgan fingerprint density at radius 3 is 3.06 bits per heavy atom. The van der Waals surface area contributed by atoms with Crippen molar-refractivity contribution < 1.29 is 4.42 Å². The van der Waals surface area contributed by atoms with Gasteiger partial charge in [-0.15, -0.1) is 0 Å². The Morgan fingerprint density at radius 2 is 2.35 bits per heavy atom. The summed E-state index contributed by atoms with van der Waals surface area (Å²) in [6, 6.07) is 2.64. The molecule has 0 aliphatic carbocycles. The first-order chi connectivity index (χ1) is 8.20. The minimum absolute atomic E-state index is 0.566. The van der Waals surface area contributed by atoms with Gasteiger partial charge in [-0.1, -0.05) is 0 Å². The molecule has 1 saturated heterocycles. The van der Waals surface area contributed by atoms with Crippen molar-refractivity contribution in [2.45, 2.75) is 32.0 Å². The molecule has 2 heterocycles. The highest BCUT2D eigenvalue weighted by molar-refractivity contribution is 5.16. The van der Waals surface area contributed by atoms with Crippen LogP contribution < -0.4 is 5.73 Å². The summed E-state index contributed by atoms with van der Waals surface area (Å²) in [5.41, 5.74) is 6.83. The molecule has 0 radical (unpaired) electrons. The Kier molecular flexibility index (Phi) is 4.20. The first-order valence-electron chi connectivity index (χ1n) is 6.34. The van der Waals surface area contributed by atoms with Crippen molar-refractivity contribution in [2.24, 2.45) is 5.73 Å². The van der Waals surface area contributed by atoms with Crippen molar-refractivity contribution in [3.63, 3.8) is 0 Å². The molecule has 2 N–H and O–H groups in total. The van der Waals surface area contributed by atoms with E-state index in [2.05, 4.69) is 23.9 Å². The number of hydrogen-bond acceptors (Lipinski definition) is 4. The average molecular weight is 237 g/mol. The van der Waals surface area contributed by atoms with Crippen molar-refractivity contribution >= 4 is 0 Å². The second-order valence-corrected chi connectivity index (χ2v) is 5.07. The molecule has 1 unspecified atom stereocenters. The molecule has 1 aliphatic rings. The molecular weight excluding hydrogens is 214 g/mol. The minimum atomic E-state index is 0.566. The van der Waals surface area contributed by atoms with E-state index in [1.165, 1.54) is 12.8 Å². The fourth-order valence-corrected chi connectivity index (χ4v) is 2.49. The summed E-state index contributed by atoms with van der Waals surface area (Å²) < 4.78 is 5.52. The van der Waals surface area contributed by atoms with Gasteiger partial charge in [-0.2, -0.15) is 0 Å². The van der Waals surface area contributed by atoms with Crippen LogP contribution in [0.5, 0.6) is 0 Å². The third-order valence-electron chi connectivity index (χ3n) is 3.64.